The zero-order valence-corrected chi connectivity index (χ0v) is 12.6. The second-order valence-corrected chi connectivity index (χ2v) is 7.66. The van der Waals surface area contributed by atoms with Crippen LogP contribution in [-0.2, 0) is 19.4 Å². The second kappa shape index (κ2) is 5.38. The molecular formula is C12H24O4S. The van der Waals surface area contributed by atoms with Crippen molar-refractivity contribution in [3.63, 3.8) is 0 Å². The van der Waals surface area contributed by atoms with Crippen LogP contribution in [0.15, 0.2) is 0 Å². The summed E-state index contributed by atoms with van der Waals surface area (Å²) in [6.45, 7) is 9.24. The first-order valence-corrected chi connectivity index (χ1v) is 7.67. The summed E-state index contributed by atoms with van der Waals surface area (Å²) < 4.78 is 27.0. The molecule has 0 radical (unpaired) electrons. The van der Waals surface area contributed by atoms with E-state index in [2.05, 4.69) is 4.74 Å². The number of methoxy groups -OCH3 is 1. The van der Waals surface area contributed by atoms with E-state index in [1.54, 1.807) is 6.92 Å². The van der Waals surface area contributed by atoms with Crippen molar-refractivity contribution in [3.05, 3.63) is 0 Å². The van der Waals surface area contributed by atoms with Crippen LogP contribution >= 0.6 is 0 Å². The molecule has 3 unspecified atom stereocenters. The van der Waals surface area contributed by atoms with Crippen molar-refractivity contribution >= 4 is 15.8 Å². The fraction of sp³-hybridized carbons (Fsp3) is 0.917. The van der Waals surface area contributed by atoms with Gasteiger partial charge in [-0.2, -0.15) is 0 Å². The maximum Gasteiger partial charge on any atom is 0.327 e. The Bertz CT molecular complexity index is 372. The van der Waals surface area contributed by atoms with E-state index in [1.165, 1.54) is 14.0 Å². The van der Waals surface area contributed by atoms with Crippen LogP contribution in [0.3, 0.4) is 0 Å². The number of hydrogen-bond acceptors (Lipinski definition) is 4. The topological polar surface area (TPSA) is 60.4 Å². The van der Waals surface area contributed by atoms with Gasteiger partial charge in [0.25, 0.3) is 0 Å². The molecule has 4 nitrogen and oxygen atoms in total. The molecular weight excluding hydrogens is 240 g/mol. The molecule has 0 saturated heterocycles. The third-order valence-electron chi connectivity index (χ3n) is 4.07. The van der Waals surface area contributed by atoms with E-state index in [1.807, 2.05) is 20.8 Å². The summed E-state index contributed by atoms with van der Waals surface area (Å²) in [5.74, 6) is -0.575. The summed E-state index contributed by atoms with van der Waals surface area (Å²) in [7, 11) is -2.31. The molecule has 0 rings (SSSR count). The summed E-state index contributed by atoms with van der Waals surface area (Å²) in [6.07, 6.45) is 1.09. The molecule has 0 aromatic rings. The minimum absolute atomic E-state index is 0.105. The molecule has 3 atom stereocenters. The van der Waals surface area contributed by atoms with Crippen LogP contribution in [0, 0.1) is 17.8 Å². The molecule has 0 saturated carbocycles. The van der Waals surface area contributed by atoms with Crippen LogP contribution in [0.1, 0.15) is 34.6 Å². The van der Waals surface area contributed by atoms with Gasteiger partial charge in [-0.3, -0.25) is 4.79 Å². The fourth-order valence-electron chi connectivity index (χ4n) is 1.96. The van der Waals surface area contributed by atoms with Crippen molar-refractivity contribution in [2.45, 2.75) is 39.4 Å². The molecule has 0 heterocycles. The fourth-order valence-corrected chi connectivity index (χ4v) is 3.23. The summed E-state index contributed by atoms with van der Waals surface area (Å²) in [4.78, 5) is 11.8. The lowest BCUT2D eigenvalue weighted by atomic mass is 9.78. The number of sulfone groups is 1. The normalized spacial score (nSPS) is 19.5. The molecule has 0 bridgehead atoms. The Morgan fingerprint density at radius 1 is 1.18 bits per heavy atom. The van der Waals surface area contributed by atoms with E-state index in [4.69, 9.17) is 0 Å². The number of esters is 1. The smallest absolute Gasteiger partial charge is 0.327 e. The van der Waals surface area contributed by atoms with E-state index in [9.17, 15) is 13.2 Å². The zero-order valence-electron chi connectivity index (χ0n) is 11.8. The summed E-state index contributed by atoms with van der Waals surface area (Å²) in [6, 6.07) is 0. The summed E-state index contributed by atoms with van der Waals surface area (Å²) in [5, 5.41) is 0. The Morgan fingerprint density at radius 2 is 1.59 bits per heavy atom. The minimum Gasteiger partial charge on any atom is -0.468 e. The van der Waals surface area contributed by atoms with Crippen LogP contribution in [0.5, 0.6) is 0 Å². The first-order chi connectivity index (χ1) is 7.50. The van der Waals surface area contributed by atoms with Crippen molar-refractivity contribution in [1.82, 2.24) is 0 Å². The van der Waals surface area contributed by atoms with Gasteiger partial charge in [0.2, 0.25) is 0 Å². The van der Waals surface area contributed by atoms with Crippen LogP contribution in [0.4, 0.5) is 0 Å². The van der Waals surface area contributed by atoms with Gasteiger partial charge in [-0.1, -0.05) is 27.7 Å². The lowest BCUT2D eigenvalue weighted by molar-refractivity contribution is -0.145. The van der Waals surface area contributed by atoms with Gasteiger partial charge in [0.1, 0.15) is 0 Å². The predicted molar refractivity (Wildman–Crippen MR) is 68.4 cm³/mol. The second-order valence-electron chi connectivity index (χ2n) is 5.26. The van der Waals surface area contributed by atoms with Crippen molar-refractivity contribution in [2.75, 3.05) is 13.4 Å². The third-order valence-corrected chi connectivity index (χ3v) is 6.15. The number of rotatable bonds is 5. The Hall–Kier alpha value is -0.580. The SMILES string of the molecule is COC(=O)C(C)(C(C)C(C)C(C)C)S(C)(=O)=O. The highest BCUT2D eigenvalue weighted by Gasteiger charge is 2.51. The Kier molecular flexibility index (Phi) is 5.19. The molecule has 0 aliphatic carbocycles. The maximum atomic E-state index is 11.9. The van der Waals surface area contributed by atoms with Crippen LogP contribution in [0.2, 0.25) is 0 Å². The lowest BCUT2D eigenvalue weighted by Crippen LogP contribution is -2.51. The minimum atomic E-state index is -3.53. The molecule has 0 aromatic carbocycles. The number of hydrogen-bond donors (Lipinski definition) is 0. The van der Waals surface area contributed by atoms with Gasteiger partial charge in [-0.05, 0) is 24.7 Å². The molecule has 0 aliphatic rings. The van der Waals surface area contributed by atoms with Crippen molar-refractivity contribution < 1.29 is 17.9 Å². The van der Waals surface area contributed by atoms with E-state index in [0.29, 0.717) is 5.92 Å². The highest BCUT2D eigenvalue weighted by Crippen LogP contribution is 2.35. The Labute approximate surface area is 105 Å². The quantitative estimate of drug-likeness (QED) is 0.711. The third kappa shape index (κ3) is 3.00. The molecule has 102 valence electrons. The van der Waals surface area contributed by atoms with Crippen molar-refractivity contribution in [1.29, 1.82) is 0 Å². The monoisotopic (exact) mass is 264 g/mol. The maximum absolute atomic E-state index is 11.9. The van der Waals surface area contributed by atoms with Gasteiger partial charge in [0.05, 0.1) is 7.11 Å². The summed E-state index contributed by atoms with van der Waals surface area (Å²) >= 11 is 0. The molecule has 0 amide bonds. The summed E-state index contributed by atoms with van der Waals surface area (Å²) in [5.41, 5.74) is 0. The number of carbonyl (C=O) groups excluding carboxylic acids is 1. The van der Waals surface area contributed by atoms with Crippen molar-refractivity contribution in [3.8, 4) is 0 Å². The standard InChI is InChI=1S/C12H24O4S/c1-8(2)9(3)10(4)12(5,11(13)16-6)17(7,14)15/h8-10H,1-7H3. The van der Waals surface area contributed by atoms with Crippen LogP contribution in [-0.4, -0.2) is 32.5 Å². The predicted octanol–water partition coefficient (Wildman–Crippen LogP) is 1.89. The number of carbonyl (C=O) groups is 1. The molecule has 5 heteroatoms. The van der Waals surface area contributed by atoms with E-state index in [0.717, 1.165) is 6.26 Å². The molecule has 17 heavy (non-hydrogen) atoms. The molecule has 0 N–H and O–H groups in total. The van der Waals surface area contributed by atoms with Gasteiger partial charge in [-0.25, -0.2) is 8.42 Å². The van der Waals surface area contributed by atoms with Gasteiger partial charge in [0, 0.05) is 6.26 Å². The molecule has 0 aliphatic heterocycles. The van der Waals surface area contributed by atoms with Gasteiger partial charge in [-0.15, -0.1) is 0 Å². The van der Waals surface area contributed by atoms with Crippen LogP contribution in [0.25, 0.3) is 0 Å². The number of ether oxygens (including phenoxy) is 1. The van der Waals surface area contributed by atoms with Gasteiger partial charge >= 0.3 is 5.97 Å². The Balaban J connectivity index is 5.59. The molecule has 0 spiro atoms. The Morgan fingerprint density at radius 3 is 1.82 bits per heavy atom. The first kappa shape index (κ1) is 16.4. The largest absolute Gasteiger partial charge is 0.468 e. The zero-order chi connectivity index (χ0) is 14.0. The van der Waals surface area contributed by atoms with E-state index < -0.39 is 20.6 Å². The highest BCUT2D eigenvalue weighted by atomic mass is 32.2. The highest BCUT2D eigenvalue weighted by molar-refractivity contribution is 7.92. The van der Waals surface area contributed by atoms with E-state index in [-0.39, 0.29) is 11.8 Å². The van der Waals surface area contributed by atoms with E-state index >= 15 is 0 Å². The van der Waals surface area contributed by atoms with Gasteiger partial charge < -0.3 is 4.74 Å². The first-order valence-electron chi connectivity index (χ1n) is 5.78. The lowest BCUT2D eigenvalue weighted by Gasteiger charge is -2.36. The average molecular weight is 264 g/mol. The van der Waals surface area contributed by atoms with Crippen molar-refractivity contribution in [2.24, 2.45) is 17.8 Å². The molecule has 0 fully saturated rings. The van der Waals surface area contributed by atoms with Crippen LogP contribution < -0.4 is 0 Å². The van der Waals surface area contributed by atoms with Gasteiger partial charge in [0.15, 0.2) is 14.6 Å². The molecule has 0 aromatic heterocycles. The average Bonchev–Trinajstić information content (AvgIpc) is 2.22.